The molecule has 0 radical (unpaired) electrons. The molecule has 2 heterocycles. The van der Waals surface area contributed by atoms with Crippen molar-refractivity contribution in [3.63, 3.8) is 0 Å². The Morgan fingerprint density at radius 1 is 1.48 bits per heavy atom. The predicted octanol–water partition coefficient (Wildman–Crippen LogP) is 2.50. The fourth-order valence-electron chi connectivity index (χ4n) is 2.85. The van der Waals surface area contributed by atoms with E-state index in [1.807, 2.05) is 14.0 Å². The summed E-state index contributed by atoms with van der Waals surface area (Å²) in [7, 11) is 1.82. The van der Waals surface area contributed by atoms with Gasteiger partial charge in [-0.1, -0.05) is 12.2 Å². The number of aromatic carboxylic acids is 1. The molecule has 6 nitrogen and oxygen atoms in total. The van der Waals surface area contributed by atoms with Gasteiger partial charge < -0.3 is 10.4 Å². The maximum atomic E-state index is 11.5. The van der Waals surface area contributed by atoms with E-state index in [0.29, 0.717) is 11.3 Å². The summed E-state index contributed by atoms with van der Waals surface area (Å²) in [4.78, 5) is 15.7. The van der Waals surface area contributed by atoms with Gasteiger partial charge in [-0.25, -0.2) is 9.78 Å². The van der Waals surface area contributed by atoms with Crippen LogP contribution < -0.4 is 5.32 Å². The van der Waals surface area contributed by atoms with Crippen LogP contribution in [0, 0.1) is 6.92 Å². The number of nitrogens with zero attached hydrogens (tertiary/aromatic N) is 3. The maximum Gasteiger partial charge on any atom is 0.339 e. The van der Waals surface area contributed by atoms with Crippen molar-refractivity contribution in [2.75, 3.05) is 5.32 Å². The van der Waals surface area contributed by atoms with Gasteiger partial charge in [-0.3, -0.25) is 4.68 Å². The zero-order valence-corrected chi connectivity index (χ0v) is 12.1. The number of rotatable bonds is 3. The first kappa shape index (κ1) is 13.6. The molecule has 0 saturated carbocycles. The fourth-order valence-corrected chi connectivity index (χ4v) is 2.85. The van der Waals surface area contributed by atoms with Crippen molar-refractivity contribution in [1.29, 1.82) is 0 Å². The maximum absolute atomic E-state index is 11.5. The Balaban J connectivity index is 2.14. The highest BCUT2D eigenvalue weighted by Gasteiger charge is 2.21. The number of allylic oxidation sites excluding steroid dienone is 1. The van der Waals surface area contributed by atoms with Crippen molar-refractivity contribution in [2.24, 2.45) is 7.05 Å². The van der Waals surface area contributed by atoms with Gasteiger partial charge in [-0.05, 0) is 26.2 Å². The van der Waals surface area contributed by atoms with E-state index in [-0.39, 0.29) is 11.6 Å². The number of pyridine rings is 1. The molecule has 110 valence electrons. The summed E-state index contributed by atoms with van der Waals surface area (Å²) in [5, 5.41) is 18.0. The van der Waals surface area contributed by atoms with Gasteiger partial charge in [0.1, 0.15) is 5.56 Å². The standard InChI is InChI=1S/C15H18N4O2/c1-9-12-13(17-10-6-4-3-5-7-10)11(15(20)21)8-16-14(12)19(2)18-9/h3-4,8,10H,5-7H2,1-2H3,(H,16,17)(H,20,21). The van der Waals surface area contributed by atoms with Gasteiger partial charge in [-0.15, -0.1) is 0 Å². The second-order valence-electron chi connectivity index (χ2n) is 5.39. The molecule has 0 spiro atoms. The number of anilines is 1. The van der Waals surface area contributed by atoms with Crippen molar-refractivity contribution in [3.05, 3.63) is 29.6 Å². The number of hydrogen-bond donors (Lipinski definition) is 2. The molecule has 2 N–H and O–H groups in total. The Kier molecular flexibility index (Phi) is 3.37. The lowest BCUT2D eigenvalue weighted by Crippen LogP contribution is -2.22. The second kappa shape index (κ2) is 5.20. The van der Waals surface area contributed by atoms with E-state index < -0.39 is 5.97 Å². The molecule has 1 unspecified atom stereocenters. The molecule has 6 heteroatoms. The molecule has 2 aromatic rings. The normalized spacial score (nSPS) is 18.1. The minimum atomic E-state index is -0.971. The quantitative estimate of drug-likeness (QED) is 0.847. The molecule has 21 heavy (non-hydrogen) atoms. The Hall–Kier alpha value is -2.37. The van der Waals surface area contributed by atoms with Crippen LogP contribution in [0.25, 0.3) is 11.0 Å². The van der Waals surface area contributed by atoms with Gasteiger partial charge in [0.15, 0.2) is 5.65 Å². The van der Waals surface area contributed by atoms with E-state index in [2.05, 4.69) is 27.6 Å². The van der Waals surface area contributed by atoms with E-state index in [4.69, 9.17) is 0 Å². The highest BCUT2D eigenvalue weighted by atomic mass is 16.4. The summed E-state index contributed by atoms with van der Waals surface area (Å²) in [5.74, 6) is -0.971. The zero-order valence-electron chi connectivity index (χ0n) is 12.1. The summed E-state index contributed by atoms with van der Waals surface area (Å²) >= 11 is 0. The molecule has 2 aromatic heterocycles. The van der Waals surface area contributed by atoms with Gasteiger partial charge in [0.05, 0.1) is 16.8 Å². The number of carbonyl (C=O) groups is 1. The summed E-state index contributed by atoms with van der Waals surface area (Å²) in [6.07, 6.45) is 8.62. The first-order valence-corrected chi connectivity index (χ1v) is 7.05. The van der Waals surface area contributed by atoms with E-state index >= 15 is 0 Å². The number of carboxylic acids is 1. The third-order valence-corrected chi connectivity index (χ3v) is 3.88. The molecule has 0 amide bonds. The minimum Gasteiger partial charge on any atom is -0.478 e. The first-order valence-electron chi connectivity index (χ1n) is 7.05. The molecule has 0 bridgehead atoms. The van der Waals surface area contributed by atoms with E-state index in [1.54, 1.807) is 4.68 Å². The van der Waals surface area contributed by atoms with Gasteiger partial charge in [0.2, 0.25) is 0 Å². The van der Waals surface area contributed by atoms with Crippen LogP contribution >= 0.6 is 0 Å². The largest absolute Gasteiger partial charge is 0.478 e. The third kappa shape index (κ3) is 2.37. The third-order valence-electron chi connectivity index (χ3n) is 3.88. The van der Waals surface area contributed by atoms with Crippen LogP contribution in [0.3, 0.4) is 0 Å². The molecule has 0 fully saturated rings. The van der Waals surface area contributed by atoms with Crippen LogP contribution in [-0.2, 0) is 7.05 Å². The van der Waals surface area contributed by atoms with Crippen molar-refractivity contribution in [2.45, 2.75) is 32.2 Å². The number of aromatic nitrogens is 3. The summed E-state index contributed by atoms with van der Waals surface area (Å²) < 4.78 is 1.68. The fraction of sp³-hybridized carbons (Fsp3) is 0.400. The van der Waals surface area contributed by atoms with Gasteiger partial charge in [0, 0.05) is 19.3 Å². The topological polar surface area (TPSA) is 80.0 Å². The van der Waals surface area contributed by atoms with Gasteiger partial charge in [0.25, 0.3) is 0 Å². The van der Waals surface area contributed by atoms with Crippen molar-refractivity contribution >= 4 is 22.7 Å². The Morgan fingerprint density at radius 2 is 2.29 bits per heavy atom. The molecular weight excluding hydrogens is 268 g/mol. The van der Waals surface area contributed by atoms with Crippen LogP contribution in [0.5, 0.6) is 0 Å². The predicted molar refractivity (Wildman–Crippen MR) is 80.6 cm³/mol. The summed E-state index contributed by atoms with van der Waals surface area (Å²) in [6, 6.07) is 0.248. The van der Waals surface area contributed by atoms with Crippen molar-refractivity contribution in [3.8, 4) is 0 Å². The molecule has 0 aliphatic heterocycles. The van der Waals surface area contributed by atoms with E-state index in [1.165, 1.54) is 6.20 Å². The number of fused-ring (bicyclic) bond motifs is 1. The van der Waals surface area contributed by atoms with Crippen LogP contribution in [0.1, 0.15) is 35.3 Å². The Morgan fingerprint density at radius 3 is 2.95 bits per heavy atom. The monoisotopic (exact) mass is 286 g/mol. The lowest BCUT2D eigenvalue weighted by Gasteiger charge is -2.22. The molecule has 1 aliphatic carbocycles. The molecular formula is C15H18N4O2. The second-order valence-corrected chi connectivity index (χ2v) is 5.39. The van der Waals surface area contributed by atoms with Crippen molar-refractivity contribution < 1.29 is 9.90 Å². The Labute approximate surface area is 122 Å². The van der Waals surface area contributed by atoms with Gasteiger partial charge in [-0.2, -0.15) is 5.10 Å². The lowest BCUT2D eigenvalue weighted by atomic mass is 10.0. The number of carboxylic acid groups (broad SMARTS) is 1. The number of hydrogen-bond acceptors (Lipinski definition) is 4. The minimum absolute atomic E-state index is 0.202. The van der Waals surface area contributed by atoms with Crippen molar-refractivity contribution in [1.82, 2.24) is 14.8 Å². The highest BCUT2D eigenvalue weighted by Crippen LogP contribution is 2.30. The van der Waals surface area contributed by atoms with Crippen LogP contribution in [-0.4, -0.2) is 31.9 Å². The highest BCUT2D eigenvalue weighted by molar-refractivity contribution is 6.04. The Bertz CT molecular complexity index is 733. The smallest absolute Gasteiger partial charge is 0.339 e. The van der Waals surface area contributed by atoms with Crippen LogP contribution in [0.4, 0.5) is 5.69 Å². The zero-order chi connectivity index (χ0) is 15.0. The molecule has 3 rings (SSSR count). The lowest BCUT2D eigenvalue weighted by molar-refractivity contribution is 0.0697. The molecule has 0 aromatic carbocycles. The SMILES string of the molecule is Cc1nn(C)c2ncc(C(=O)O)c(NC3CC=CCC3)c12. The van der Waals surface area contributed by atoms with Gasteiger partial charge >= 0.3 is 5.97 Å². The van der Waals surface area contributed by atoms with E-state index in [0.717, 1.165) is 30.3 Å². The first-order chi connectivity index (χ1) is 10.1. The average molecular weight is 286 g/mol. The number of aryl methyl sites for hydroxylation is 2. The molecule has 1 aliphatic rings. The molecule has 1 atom stereocenters. The summed E-state index contributed by atoms with van der Waals surface area (Å²) in [5.41, 5.74) is 2.33. The summed E-state index contributed by atoms with van der Waals surface area (Å²) in [6.45, 7) is 1.88. The average Bonchev–Trinajstić information content (AvgIpc) is 2.75. The van der Waals surface area contributed by atoms with Crippen LogP contribution in [0.2, 0.25) is 0 Å². The number of nitrogens with one attached hydrogen (secondary N) is 1. The van der Waals surface area contributed by atoms with Crippen LogP contribution in [0.15, 0.2) is 18.3 Å². The van der Waals surface area contributed by atoms with E-state index in [9.17, 15) is 9.90 Å². The molecule has 0 saturated heterocycles.